The van der Waals surface area contributed by atoms with Crippen molar-refractivity contribution >= 4 is 5.97 Å². The van der Waals surface area contributed by atoms with Crippen molar-refractivity contribution in [3.63, 3.8) is 0 Å². The SMILES string of the molecule is C=CC(C#N)(C(=O)O)c1ccccc1. The maximum Gasteiger partial charge on any atom is 0.332 e. The highest BCUT2D eigenvalue weighted by Crippen LogP contribution is 2.24. The molecular formula is C11H9NO2. The van der Waals surface area contributed by atoms with E-state index in [-0.39, 0.29) is 0 Å². The molecule has 0 aliphatic heterocycles. The third kappa shape index (κ3) is 1.38. The number of nitrogens with zero attached hydrogens (tertiary/aromatic N) is 1. The summed E-state index contributed by atoms with van der Waals surface area (Å²) in [6, 6.07) is 10.1. The Kier molecular flexibility index (Phi) is 2.68. The van der Waals surface area contributed by atoms with E-state index in [1.807, 2.05) is 0 Å². The Balaban J connectivity index is 3.34. The van der Waals surface area contributed by atoms with Crippen LogP contribution in [0.15, 0.2) is 43.0 Å². The first-order chi connectivity index (χ1) is 6.67. The second-order valence-electron chi connectivity index (χ2n) is 2.80. The number of carboxylic acids is 1. The molecule has 0 radical (unpaired) electrons. The fourth-order valence-corrected chi connectivity index (χ4v) is 1.19. The number of carbonyl (C=O) groups is 1. The zero-order chi connectivity index (χ0) is 10.6. The lowest BCUT2D eigenvalue weighted by molar-refractivity contribution is -0.139. The lowest BCUT2D eigenvalue weighted by Gasteiger charge is -2.17. The van der Waals surface area contributed by atoms with Crippen LogP contribution in [0.25, 0.3) is 0 Å². The van der Waals surface area contributed by atoms with Gasteiger partial charge in [-0.05, 0) is 5.56 Å². The molecule has 1 aromatic rings. The minimum atomic E-state index is -1.64. The maximum absolute atomic E-state index is 11.0. The van der Waals surface area contributed by atoms with Crippen molar-refractivity contribution in [3.8, 4) is 6.07 Å². The molecule has 0 aliphatic carbocycles. The van der Waals surface area contributed by atoms with Crippen LogP contribution < -0.4 is 0 Å². The molecule has 0 saturated carbocycles. The minimum absolute atomic E-state index is 0.421. The van der Waals surface area contributed by atoms with Crippen molar-refractivity contribution in [3.05, 3.63) is 48.6 Å². The average Bonchev–Trinajstić information content (AvgIpc) is 2.22. The molecule has 0 spiro atoms. The van der Waals surface area contributed by atoms with Gasteiger partial charge < -0.3 is 5.11 Å². The fraction of sp³-hybridized carbons (Fsp3) is 0.0909. The van der Waals surface area contributed by atoms with Crippen LogP contribution in [0.5, 0.6) is 0 Å². The summed E-state index contributed by atoms with van der Waals surface area (Å²) in [6.45, 7) is 3.40. The number of hydrogen-bond donors (Lipinski definition) is 1. The molecule has 0 saturated heterocycles. The quantitative estimate of drug-likeness (QED) is 0.733. The molecule has 1 aromatic carbocycles. The summed E-state index contributed by atoms with van der Waals surface area (Å²) in [6.07, 6.45) is 1.14. The van der Waals surface area contributed by atoms with E-state index in [1.165, 1.54) is 0 Å². The molecule has 14 heavy (non-hydrogen) atoms. The van der Waals surface area contributed by atoms with Crippen LogP contribution in [0.2, 0.25) is 0 Å². The van der Waals surface area contributed by atoms with E-state index in [0.717, 1.165) is 6.08 Å². The van der Waals surface area contributed by atoms with Gasteiger partial charge >= 0.3 is 5.97 Å². The van der Waals surface area contributed by atoms with Crippen LogP contribution in [0, 0.1) is 11.3 Å². The lowest BCUT2D eigenvalue weighted by atomic mass is 9.82. The van der Waals surface area contributed by atoms with Crippen LogP contribution in [0.3, 0.4) is 0 Å². The maximum atomic E-state index is 11.0. The fourth-order valence-electron chi connectivity index (χ4n) is 1.19. The third-order valence-corrected chi connectivity index (χ3v) is 2.05. The summed E-state index contributed by atoms with van der Waals surface area (Å²) in [5.41, 5.74) is -1.22. The van der Waals surface area contributed by atoms with Crippen LogP contribution in [-0.2, 0) is 10.2 Å². The molecule has 0 heterocycles. The second-order valence-corrected chi connectivity index (χ2v) is 2.80. The van der Waals surface area contributed by atoms with Crippen molar-refractivity contribution in [1.82, 2.24) is 0 Å². The molecular weight excluding hydrogens is 178 g/mol. The van der Waals surface area contributed by atoms with Crippen molar-refractivity contribution in [1.29, 1.82) is 5.26 Å². The third-order valence-electron chi connectivity index (χ3n) is 2.05. The number of nitriles is 1. The average molecular weight is 187 g/mol. The zero-order valence-corrected chi connectivity index (χ0v) is 7.47. The Hall–Kier alpha value is -2.08. The van der Waals surface area contributed by atoms with E-state index in [0.29, 0.717) is 5.56 Å². The second kappa shape index (κ2) is 3.75. The molecule has 1 unspecified atom stereocenters. The van der Waals surface area contributed by atoms with Crippen molar-refractivity contribution in [2.75, 3.05) is 0 Å². The van der Waals surface area contributed by atoms with Gasteiger partial charge in [-0.15, -0.1) is 6.58 Å². The molecule has 1 rings (SSSR count). The number of carboxylic acid groups (broad SMARTS) is 1. The molecule has 70 valence electrons. The van der Waals surface area contributed by atoms with E-state index in [9.17, 15) is 4.79 Å². The predicted octanol–water partition coefficient (Wildman–Crippen LogP) is 1.72. The van der Waals surface area contributed by atoms with Crippen molar-refractivity contribution in [2.45, 2.75) is 5.41 Å². The van der Waals surface area contributed by atoms with E-state index >= 15 is 0 Å². The monoisotopic (exact) mass is 187 g/mol. The van der Waals surface area contributed by atoms with Gasteiger partial charge in [0.25, 0.3) is 0 Å². The van der Waals surface area contributed by atoms with E-state index in [4.69, 9.17) is 10.4 Å². The molecule has 0 fully saturated rings. The first-order valence-corrected chi connectivity index (χ1v) is 4.01. The molecule has 0 amide bonds. The highest BCUT2D eigenvalue weighted by atomic mass is 16.4. The van der Waals surface area contributed by atoms with E-state index in [1.54, 1.807) is 36.4 Å². The molecule has 1 atom stereocenters. The molecule has 3 heteroatoms. The first kappa shape index (κ1) is 10.0. The predicted molar refractivity (Wildman–Crippen MR) is 51.6 cm³/mol. The number of benzene rings is 1. The van der Waals surface area contributed by atoms with Crippen LogP contribution in [-0.4, -0.2) is 11.1 Å². The lowest BCUT2D eigenvalue weighted by Crippen LogP contribution is -2.31. The van der Waals surface area contributed by atoms with Gasteiger partial charge in [-0.1, -0.05) is 36.4 Å². The highest BCUT2D eigenvalue weighted by Gasteiger charge is 2.37. The summed E-state index contributed by atoms with van der Waals surface area (Å²) < 4.78 is 0. The summed E-state index contributed by atoms with van der Waals surface area (Å²) in [5, 5.41) is 17.9. The Labute approximate surface area is 81.9 Å². The summed E-state index contributed by atoms with van der Waals surface area (Å²) in [7, 11) is 0. The first-order valence-electron chi connectivity index (χ1n) is 4.01. The standard InChI is InChI=1S/C11H9NO2/c1-2-11(8-12,10(13)14)9-6-4-3-5-7-9/h2-7H,1H2,(H,13,14). The molecule has 0 bridgehead atoms. The zero-order valence-electron chi connectivity index (χ0n) is 7.47. The van der Waals surface area contributed by atoms with Gasteiger partial charge in [0.1, 0.15) is 0 Å². The molecule has 3 nitrogen and oxygen atoms in total. The number of aliphatic carboxylic acids is 1. The smallest absolute Gasteiger partial charge is 0.332 e. The summed E-state index contributed by atoms with van der Waals surface area (Å²) >= 11 is 0. The Bertz CT molecular complexity index is 391. The molecule has 0 aromatic heterocycles. The Morgan fingerprint density at radius 3 is 2.43 bits per heavy atom. The van der Waals surface area contributed by atoms with Crippen molar-refractivity contribution in [2.24, 2.45) is 0 Å². The number of hydrogen-bond acceptors (Lipinski definition) is 2. The van der Waals surface area contributed by atoms with Crippen LogP contribution in [0.1, 0.15) is 5.56 Å². The van der Waals surface area contributed by atoms with Crippen LogP contribution >= 0.6 is 0 Å². The normalized spacial score (nSPS) is 13.6. The van der Waals surface area contributed by atoms with Gasteiger partial charge in [0.15, 0.2) is 5.41 Å². The minimum Gasteiger partial charge on any atom is -0.480 e. The molecule has 1 N–H and O–H groups in total. The number of rotatable bonds is 3. The largest absolute Gasteiger partial charge is 0.480 e. The Morgan fingerprint density at radius 1 is 1.50 bits per heavy atom. The van der Waals surface area contributed by atoms with Gasteiger partial charge in [0, 0.05) is 0 Å². The van der Waals surface area contributed by atoms with Gasteiger partial charge in [-0.3, -0.25) is 0 Å². The topological polar surface area (TPSA) is 61.1 Å². The van der Waals surface area contributed by atoms with Crippen molar-refractivity contribution < 1.29 is 9.90 Å². The Morgan fingerprint density at radius 2 is 2.07 bits per heavy atom. The highest BCUT2D eigenvalue weighted by molar-refractivity contribution is 5.87. The van der Waals surface area contributed by atoms with Gasteiger partial charge in [-0.2, -0.15) is 5.26 Å². The summed E-state index contributed by atoms with van der Waals surface area (Å²) in [5.74, 6) is -1.21. The van der Waals surface area contributed by atoms with E-state index in [2.05, 4.69) is 6.58 Å². The van der Waals surface area contributed by atoms with Crippen LogP contribution in [0.4, 0.5) is 0 Å². The van der Waals surface area contributed by atoms with Gasteiger partial charge in [-0.25, -0.2) is 4.79 Å². The van der Waals surface area contributed by atoms with E-state index < -0.39 is 11.4 Å². The van der Waals surface area contributed by atoms with Gasteiger partial charge in [0.2, 0.25) is 0 Å². The van der Waals surface area contributed by atoms with Gasteiger partial charge in [0.05, 0.1) is 6.07 Å². The summed E-state index contributed by atoms with van der Waals surface area (Å²) in [4.78, 5) is 11.0. The molecule has 0 aliphatic rings.